The zero-order valence-corrected chi connectivity index (χ0v) is 23.9. The molecule has 2 N–H and O–H groups in total. The van der Waals surface area contributed by atoms with Crippen molar-refractivity contribution in [1.29, 1.82) is 0 Å². The van der Waals surface area contributed by atoms with E-state index in [1.54, 1.807) is 26.1 Å². The molecular weight excluding hydrogens is 544 g/mol. The van der Waals surface area contributed by atoms with Crippen molar-refractivity contribution in [3.05, 3.63) is 76.0 Å². The van der Waals surface area contributed by atoms with Crippen LogP contribution in [0.25, 0.3) is 22.5 Å². The maximum absolute atomic E-state index is 15.1. The number of aryl methyl sites for hydroxylation is 2. The molecule has 42 heavy (non-hydrogen) atoms. The molecule has 218 valence electrons. The number of carbonyl (C=O) groups is 1. The first-order valence-corrected chi connectivity index (χ1v) is 13.7. The van der Waals surface area contributed by atoms with Gasteiger partial charge in [-0.3, -0.25) is 4.79 Å². The normalized spacial score (nSPS) is 20.8. The predicted octanol–water partition coefficient (Wildman–Crippen LogP) is 4.79. The number of hydrogen-bond acceptors (Lipinski definition) is 7. The number of rotatable bonds is 8. The highest BCUT2D eigenvalue weighted by molar-refractivity contribution is 5.80. The molecule has 0 saturated heterocycles. The van der Waals surface area contributed by atoms with Crippen molar-refractivity contribution in [2.45, 2.75) is 65.2 Å². The standard InChI is InChI=1S/C31H31F2N5O4/c1-15-6-18(28-35-37-38(36-28)14-30(3,4)41)7-16(2)26(15)20-8-19(23(32)11-24(20)33)13-42-25-10-17-9-21-27(29(39)40)31(21,5)22(17)12-34-25/h6-8,10-12,21,27,41H,9,13-14H2,1-5H3,(H,39,40). The Morgan fingerprint density at radius 3 is 2.52 bits per heavy atom. The quantitative estimate of drug-likeness (QED) is 0.308. The molecule has 11 heteroatoms. The molecule has 6 rings (SSSR count). The zero-order chi connectivity index (χ0) is 30.1. The van der Waals surface area contributed by atoms with E-state index in [4.69, 9.17) is 4.74 Å². The van der Waals surface area contributed by atoms with E-state index in [0.717, 1.165) is 28.3 Å². The minimum atomic E-state index is -1.00. The summed E-state index contributed by atoms with van der Waals surface area (Å²) in [6.07, 6.45) is 2.29. The first-order chi connectivity index (χ1) is 19.8. The lowest BCUT2D eigenvalue weighted by Gasteiger charge is -2.16. The second-order valence-corrected chi connectivity index (χ2v) is 12.2. The molecule has 3 atom stereocenters. The summed E-state index contributed by atoms with van der Waals surface area (Å²) in [4.78, 5) is 17.2. The van der Waals surface area contributed by atoms with Crippen LogP contribution < -0.4 is 4.74 Å². The number of nitrogens with zero attached hydrogens (tertiary/aromatic N) is 5. The third kappa shape index (κ3) is 4.71. The fraction of sp³-hybridized carbons (Fsp3) is 0.387. The van der Waals surface area contributed by atoms with Crippen LogP contribution in [0.2, 0.25) is 0 Å². The van der Waals surface area contributed by atoms with E-state index in [9.17, 15) is 19.4 Å². The number of aromatic nitrogens is 5. The van der Waals surface area contributed by atoms with Crippen LogP contribution in [-0.2, 0) is 29.8 Å². The highest BCUT2D eigenvalue weighted by Crippen LogP contribution is 2.66. The van der Waals surface area contributed by atoms with E-state index >= 15 is 4.39 Å². The van der Waals surface area contributed by atoms with Crippen molar-refractivity contribution >= 4 is 5.97 Å². The molecule has 0 radical (unpaired) electrons. The minimum Gasteiger partial charge on any atom is -0.481 e. The Labute approximate surface area is 241 Å². The Balaban J connectivity index is 1.23. The largest absolute Gasteiger partial charge is 0.481 e. The predicted molar refractivity (Wildman–Crippen MR) is 149 cm³/mol. The molecule has 0 bridgehead atoms. The van der Waals surface area contributed by atoms with Crippen LogP contribution >= 0.6 is 0 Å². The average Bonchev–Trinajstić information content (AvgIpc) is 3.15. The van der Waals surface area contributed by atoms with Gasteiger partial charge in [0.05, 0.1) is 18.1 Å². The molecule has 4 aromatic rings. The summed E-state index contributed by atoms with van der Waals surface area (Å²) in [5.74, 6) is -1.88. The van der Waals surface area contributed by atoms with Gasteiger partial charge in [0.2, 0.25) is 11.7 Å². The monoisotopic (exact) mass is 575 g/mol. The zero-order valence-electron chi connectivity index (χ0n) is 23.9. The second kappa shape index (κ2) is 9.65. The van der Waals surface area contributed by atoms with Crippen molar-refractivity contribution < 1.29 is 28.5 Å². The Bertz CT molecular complexity index is 1720. The maximum Gasteiger partial charge on any atom is 0.307 e. The molecule has 1 fully saturated rings. The van der Waals surface area contributed by atoms with E-state index in [2.05, 4.69) is 20.4 Å². The van der Waals surface area contributed by atoms with Gasteiger partial charge < -0.3 is 14.9 Å². The molecule has 2 aromatic carbocycles. The number of ether oxygens (including phenoxy) is 1. The van der Waals surface area contributed by atoms with Crippen LogP contribution in [0, 0.1) is 37.3 Å². The highest BCUT2D eigenvalue weighted by atomic mass is 19.1. The average molecular weight is 576 g/mol. The number of hydrogen-bond donors (Lipinski definition) is 2. The molecule has 0 aliphatic heterocycles. The van der Waals surface area contributed by atoms with Gasteiger partial charge in [-0.25, -0.2) is 13.8 Å². The third-order valence-corrected chi connectivity index (χ3v) is 8.51. The number of halogens is 2. The van der Waals surface area contributed by atoms with Crippen LogP contribution in [0.3, 0.4) is 0 Å². The number of pyridine rings is 1. The van der Waals surface area contributed by atoms with Gasteiger partial charge >= 0.3 is 5.97 Å². The van der Waals surface area contributed by atoms with Crippen molar-refractivity contribution in [1.82, 2.24) is 25.2 Å². The summed E-state index contributed by atoms with van der Waals surface area (Å²) in [7, 11) is 0. The number of fused-ring (bicyclic) bond motifs is 3. The van der Waals surface area contributed by atoms with Gasteiger partial charge in [-0.1, -0.05) is 6.92 Å². The lowest BCUT2D eigenvalue weighted by Crippen LogP contribution is -2.27. The first kappa shape index (κ1) is 27.9. The molecule has 2 aliphatic carbocycles. The van der Waals surface area contributed by atoms with Crippen LogP contribution in [0.5, 0.6) is 5.88 Å². The van der Waals surface area contributed by atoms with Crippen LogP contribution in [0.1, 0.15) is 48.6 Å². The summed E-state index contributed by atoms with van der Waals surface area (Å²) in [6, 6.07) is 7.74. The van der Waals surface area contributed by atoms with Crippen LogP contribution in [-0.4, -0.2) is 47.0 Å². The van der Waals surface area contributed by atoms with Crippen molar-refractivity contribution in [2.24, 2.45) is 11.8 Å². The van der Waals surface area contributed by atoms with Gasteiger partial charge in [-0.15, -0.1) is 10.2 Å². The minimum absolute atomic E-state index is 0.0486. The summed E-state index contributed by atoms with van der Waals surface area (Å²) in [5.41, 5.74) is 3.72. The lowest BCUT2D eigenvalue weighted by molar-refractivity contribution is -0.139. The van der Waals surface area contributed by atoms with E-state index in [1.807, 2.05) is 32.9 Å². The lowest BCUT2D eigenvalue weighted by atomic mass is 9.92. The molecule has 2 heterocycles. The number of aliphatic carboxylic acids is 1. The van der Waals surface area contributed by atoms with Gasteiger partial charge in [0.15, 0.2) is 0 Å². The second-order valence-electron chi connectivity index (χ2n) is 12.2. The number of carboxylic acids is 1. The molecule has 1 saturated carbocycles. The highest BCUT2D eigenvalue weighted by Gasteiger charge is 2.69. The maximum atomic E-state index is 15.1. The number of aliphatic hydroxyl groups is 1. The van der Waals surface area contributed by atoms with Gasteiger partial charge in [-0.2, -0.15) is 4.80 Å². The Morgan fingerprint density at radius 2 is 1.86 bits per heavy atom. The molecule has 3 unspecified atom stereocenters. The molecule has 2 aromatic heterocycles. The number of tetrazole rings is 1. The topological polar surface area (TPSA) is 123 Å². The summed E-state index contributed by atoms with van der Waals surface area (Å²) < 4.78 is 35.8. The molecule has 2 aliphatic rings. The summed E-state index contributed by atoms with van der Waals surface area (Å²) in [6.45, 7) is 8.94. The summed E-state index contributed by atoms with van der Waals surface area (Å²) >= 11 is 0. The van der Waals surface area contributed by atoms with Crippen molar-refractivity contribution in [3.8, 4) is 28.4 Å². The third-order valence-electron chi connectivity index (χ3n) is 8.51. The fourth-order valence-electron chi connectivity index (χ4n) is 6.51. The number of carboxylic acid groups (broad SMARTS) is 1. The van der Waals surface area contributed by atoms with Crippen LogP contribution in [0.15, 0.2) is 36.5 Å². The van der Waals surface area contributed by atoms with Crippen molar-refractivity contribution in [3.63, 3.8) is 0 Å². The first-order valence-electron chi connectivity index (χ1n) is 13.7. The summed E-state index contributed by atoms with van der Waals surface area (Å²) in [5, 5.41) is 32.0. The Kier molecular flexibility index (Phi) is 6.41. The molecular formula is C31H31F2N5O4. The van der Waals surface area contributed by atoms with Gasteiger partial charge in [0, 0.05) is 40.4 Å². The van der Waals surface area contributed by atoms with E-state index in [-0.39, 0.29) is 30.2 Å². The van der Waals surface area contributed by atoms with Crippen LogP contribution in [0.4, 0.5) is 8.78 Å². The van der Waals surface area contributed by atoms with Gasteiger partial charge in [0.25, 0.3) is 0 Å². The van der Waals surface area contributed by atoms with Gasteiger partial charge in [-0.05, 0) is 91.3 Å². The van der Waals surface area contributed by atoms with E-state index in [0.29, 0.717) is 29.3 Å². The van der Waals surface area contributed by atoms with Crippen molar-refractivity contribution in [2.75, 3.05) is 0 Å². The molecule has 9 nitrogen and oxygen atoms in total. The Hall–Kier alpha value is -4.25. The molecule has 0 amide bonds. The SMILES string of the molecule is Cc1cc(-c2nnn(CC(C)(C)O)n2)cc(C)c1-c1cc(COc2cc3c(cn2)C2(C)C(C3)C2C(=O)O)c(F)cc1F. The van der Waals surface area contributed by atoms with Gasteiger partial charge in [0.1, 0.15) is 18.2 Å². The van der Waals surface area contributed by atoms with E-state index < -0.39 is 34.5 Å². The smallest absolute Gasteiger partial charge is 0.307 e. The molecule has 0 spiro atoms. The number of benzene rings is 2. The fourth-order valence-corrected chi connectivity index (χ4v) is 6.51. The van der Waals surface area contributed by atoms with E-state index in [1.165, 1.54) is 10.9 Å². The Morgan fingerprint density at radius 1 is 1.14 bits per heavy atom.